The quantitative estimate of drug-likeness (QED) is 0.317. The highest BCUT2D eigenvalue weighted by Gasteiger charge is 2.76. The minimum absolute atomic E-state index is 0.0297. The van der Waals surface area contributed by atoms with E-state index in [1.165, 1.54) is 19.9 Å². The van der Waals surface area contributed by atoms with E-state index in [9.17, 15) is 39.0 Å². The van der Waals surface area contributed by atoms with Crippen molar-refractivity contribution in [1.29, 1.82) is 0 Å². The largest absolute Gasteiger partial charge is 0.507 e. The number of hydrogen-bond donors (Lipinski definition) is 2. The maximum atomic E-state index is 14.3. The summed E-state index contributed by atoms with van der Waals surface area (Å²) in [7, 11) is 0. The summed E-state index contributed by atoms with van der Waals surface area (Å²) in [6, 6.07) is 9.65. The van der Waals surface area contributed by atoms with Crippen LogP contribution in [0, 0.1) is 46.3 Å². The van der Waals surface area contributed by atoms with Crippen molar-refractivity contribution in [1.82, 2.24) is 0 Å². The van der Waals surface area contributed by atoms with Gasteiger partial charge in [-0.3, -0.25) is 28.8 Å². The second kappa shape index (κ2) is 9.92. The molecule has 2 fully saturated rings. The van der Waals surface area contributed by atoms with E-state index in [1.54, 1.807) is 51.1 Å². The summed E-state index contributed by atoms with van der Waals surface area (Å²) in [4.78, 5) is 79.9. The zero-order valence-electron chi connectivity index (χ0n) is 25.0. The minimum Gasteiger partial charge on any atom is -0.507 e. The molecule has 3 aliphatic rings. The van der Waals surface area contributed by atoms with Gasteiger partial charge in [0.2, 0.25) is 0 Å². The van der Waals surface area contributed by atoms with Gasteiger partial charge in [-0.1, -0.05) is 51.7 Å². The first-order chi connectivity index (χ1) is 20.0. The van der Waals surface area contributed by atoms with Gasteiger partial charge in [0.15, 0.2) is 34.5 Å². The van der Waals surface area contributed by atoms with Crippen molar-refractivity contribution in [2.24, 2.45) is 34.5 Å². The third kappa shape index (κ3) is 4.16. The zero-order chi connectivity index (χ0) is 31.8. The van der Waals surface area contributed by atoms with Gasteiger partial charge in [-0.2, -0.15) is 0 Å². The fourth-order valence-electron chi connectivity index (χ4n) is 8.18. The first-order valence-corrected chi connectivity index (χ1v) is 14.4. The lowest BCUT2D eigenvalue weighted by molar-refractivity contribution is -0.205. The van der Waals surface area contributed by atoms with Crippen LogP contribution in [0.1, 0.15) is 85.4 Å². The van der Waals surface area contributed by atoms with Crippen molar-refractivity contribution in [2.75, 3.05) is 0 Å². The van der Waals surface area contributed by atoms with Crippen LogP contribution in [0.4, 0.5) is 0 Å². The van der Waals surface area contributed by atoms with Crippen LogP contribution in [0.3, 0.4) is 0 Å². The Labute approximate surface area is 249 Å². The molecule has 6 atom stereocenters. The molecule has 0 aromatic heterocycles. The number of aromatic hydroxyl groups is 1. The summed E-state index contributed by atoms with van der Waals surface area (Å²) in [5.41, 5.74) is -3.47. The third-order valence-corrected chi connectivity index (χ3v) is 9.90. The van der Waals surface area contributed by atoms with E-state index >= 15 is 0 Å². The first-order valence-electron chi connectivity index (χ1n) is 14.4. The van der Waals surface area contributed by atoms with Gasteiger partial charge >= 0.3 is 0 Å². The molecule has 2 saturated carbocycles. The Morgan fingerprint density at radius 1 is 0.930 bits per heavy atom. The van der Waals surface area contributed by atoms with Crippen LogP contribution in [0.15, 0.2) is 36.4 Å². The van der Waals surface area contributed by atoms with Gasteiger partial charge < -0.3 is 10.2 Å². The van der Waals surface area contributed by atoms with Crippen molar-refractivity contribution in [3.8, 4) is 17.6 Å². The van der Waals surface area contributed by atoms with Crippen molar-refractivity contribution in [3.63, 3.8) is 0 Å². The minimum atomic E-state index is -2.73. The summed E-state index contributed by atoms with van der Waals surface area (Å²) < 4.78 is 0. The van der Waals surface area contributed by atoms with Crippen LogP contribution in [0.2, 0.25) is 0 Å². The van der Waals surface area contributed by atoms with Crippen LogP contribution in [-0.2, 0) is 25.6 Å². The molecule has 2 aromatic carbocycles. The predicted molar refractivity (Wildman–Crippen MR) is 155 cm³/mol. The molecule has 0 saturated heterocycles. The van der Waals surface area contributed by atoms with Crippen molar-refractivity contribution in [3.05, 3.63) is 64.2 Å². The van der Waals surface area contributed by atoms with Crippen LogP contribution in [0.5, 0.6) is 5.75 Å². The molecule has 0 amide bonds. The van der Waals surface area contributed by atoms with E-state index in [2.05, 4.69) is 11.8 Å². The van der Waals surface area contributed by atoms with Crippen molar-refractivity contribution < 1.29 is 39.0 Å². The van der Waals surface area contributed by atoms with Gasteiger partial charge in [-0.05, 0) is 67.9 Å². The highest BCUT2D eigenvalue weighted by atomic mass is 16.3. The van der Waals surface area contributed by atoms with Crippen LogP contribution in [-0.4, -0.2) is 50.5 Å². The third-order valence-electron chi connectivity index (χ3n) is 9.90. The van der Waals surface area contributed by atoms with Crippen LogP contribution >= 0.6 is 0 Å². The van der Waals surface area contributed by atoms with Gasteiger partial charge in [0.25, 0.3) is 0 Å². The molecule has 0 bridgehead atoms. The summed E-state index contributed by atoms with van der Waals surface area (Å²) in [5, 5.41) is 22.9. The molecule has 8 heteroatoms. The molecule has 0 spiro atoms. The number of benzene rings is 2. The van der Waals surface area contributed by atoms with E-state index in [1.807, 2.05) is 0 Å². The number of aliphatic hydroxyl groups is 1. The average molecular weight is 583 g/mol. The molecule has 0 radical (unpaired) electrons. The topological polar surface area (TPSA) is 143 Å². The van der Waals surface area contributed by atoms with E-state index < -0.39 is 69.0 Å². The molecule has 43 heavy (non-hydrogen) atoms. The molecular formula is C35H34O8. The lowest BCUT2D eigenvalue weighted by atomic mass is 9.40. The molecule has 222 valence electrons. The van der Waals surface area contributed by atoms with Crippen LogP contribution in [0.25, 0.3) is 0 Å². The Bertz CT molecular complexity index is 1700. The smallest absolute Gasteiger partial charge is 0.190 e. The molecular weight excluding hydrogens is 548 g/mol. The number of phenolic OH excluding ortho intramolecular Hbond substituents is 1. The Kier molecular flexibility index (Phi) is 6.98. The second-order valence-corrected chi connectivity index (χ2v) is 13.2. The number of Topliss-reactive ketones (excluding diaryl/α,β-unsaturated/α-hetero) is 6. The van der Waals surface area contributed by atoms with Gasteiger partial charge in [0.1, 0.15) is 17.5 Å². The fraction of sp³-hybridized carbons (Fsp3) is 0.429. The fourth-order valence-corrected chi connectivity index (χ4v) is 8.18. The number of phenols is 1. The zero-order valence-corrected chi connectivity index (χ0v) is 25.0. The molecule has 8 nitrogen and oxygen atoms in total. The highest BCUT2D eigenvalue weighted by Crippen LogP contribution is 2.63. The van der Waals surface area contributed by atoms with Crippen LogP contribution < -0.4 is 0 Å². The number of ketones is 6. The van der Waals surface area contributed by atoms with E-state index in [4.69, 9.17) is 0 Å². The SMILES string of the molecule is CC(=O)c1ccc(C#Cc2ccc(O)c3c2C[C@]2(C)C[C@]4(C)C(C(C)C)C(=O)C(C(C)=O)C(=O)[C@]4(O)C(=O)C2C3=O)cc1. The van der Waals surface area contributed by atoms with Gasteiger partial charge in [-0.15, -0.1) is 0 Å². The average Bonchev–Trinajstić information content (AvgIpc) is 2.90. The molecule has 0 aliphatic heterocycles. The number of carbonyl (C=O) groups is 6. The maximum Gasteiger partial charge on any atom is 0.190 e. The number of rotatable bonds is 3. The summed E-state index contributed by atoms with van der Waals surface area (Å²) >= 11 is 0. The normalized spacial score (nSPS) is 31.5. The van der Waals surface area contributed by atoms with Crippen molar-refractivity contribution in [2.45, 2.75) is 60.0 Å². The summed E-state index contributed by atoms with van der Waals surface area (Å²) in [6.07, 6.45) is 0.0826. The van der Waals surface area contributed by atoms with E-state index in [0.717, 1.165) is 6.92 Å². The monoisotopic (exact) mass is 582 g/mol. The molecule has 2 aromatic rings. The molecule has 0 heterocycles. The maximum absolute atomic E-state index is 14.3. The Morgan fingerprint density at radius 3 is 2.12 bits per heavy atom. The molecule has 5 rings (SSSR count). The Balaban J connectivity index is 1.66. The Hall–Kier alpha value is -4.22. The molecule has 2 N–H and O–H groups in total. The second-order valence-electron chi connectivity index (χ2n) is 13.2. The Morgan fingerprint density at radius 2 is 1.56 bits per heavy atom. The highest BCUT2D eigenvalue weighted by molar-refractivity contribution is 6.32. The molecule has 3 aliphatic carbocycles. The lowest BCUT2D eigenvalue weighted by Crippen LogP contribution is -2.76. The summed E-state index contributed by atoms with van der Waals surface area (Å²) in [6.45, 7) is 9.31. The summed E-state index contributed by atoms with van der Waals surface area (Å²) in [5.74, 6) is -3.32. The predicted octanol–water partition coefficient (Wildman–Crippen LogP) is 3.70. The van der Waals surface area contributed by atoms with Gasteiger partial charge in [0, 0.05) is 28.0 Å². The van der Waals surface area contributed by atoms with Gasteiger partial charge in [0.05, 0.1) is 11.5 Å². The standard InChI is InChI=1S/C35H34O8/c1-17(2)27-29(39)25(19(4)37)31(41)35(43)32(42)28-30(40)26-23(15-33(28,5)16-34(27,35)6)22(13-14-24(26)38)12-9-20-7-10-21(11-8-20)18(3)36/h7-8,10-11,13-14,17,25,27-28,38,43H,15-16H2,1-6H3/t25?,27?,28?,33-,34-,35+/m1/s1. The lowest BCUT2D eigenvalue weighted by Gasteiger charge is -2.61. The number of hydrogen-bond acceptors (Lipinski definition) is 8. The van der Waals surface area contributed by atoms with E-state index in [0.29, 0.717) is 22.3 Å². The first kappa shape index (κ1) is 30.2. The molecule has 3 unspecified atom stereocenters. The number of fused-ring (bicyclic) bond motifs is 3. The van der Waals surface area contributed by atoms with Crippen molar-refractivity contribution >= 4 is 34.7 Å². The van der Waals surface area contributed by atoms with Gasteiger partial charge in [-0.25, -0.2) is 0 Å². The van der Waals surface area contributed by atoms with E-state index in [-0.39, 0.29) is 29.9 Å². The number of carbonyl (C=O) groups excluding carboxylic acids is 6.